The summed E-state index contributed by atoms with van der Waals surface area (Å²) in [6.45, 7) is 0. The van der Waals surface area contributed by atoms with Crippen LogP contribution >= 0.6 is 22.9 Å². The summed E-state index contributed by atoms with van der Waals surface area (Å²) in [5.74, 6) is 0. The van der Waals surface area contributed by atoms with E-state index in [-0.39, 0.29) is 5.43 Å². The lowest BCUT2D eigenvalue weighted by Gasteiger charge is -1.85. The van der Waals surface area contributed by atoms with Crippen molar-refractivity contribution in [3.8, 4) is 0 Å². The van der Waals surface area contributed by atoms with Crippen LogP contribution in [0.3, 0.4) is 0 Å². The lowest BCUT2D eigenvalue weighted by molar-refractivity contribution is 0.987. The van der Waals surface area contributed by atoms with E-state index >= 15 is 0 Å². The molecular formula is C4H3IN2O. The van der Waals surface area contributed by atoms with Crippen LogP contribution in [0.4, 0.5) is 0 Å². The van der Waals surface area contributed by atoms with E-state index in [4.69, 9.17) is 0 Å². The molecule has 0 saturated carbocycles. The van der Waals surface area contributed by atoms with Crippen molar-refractivity contribution in [3.05, 3.63) is 28.7 Å². The first-order chi connectivity index (χ1) is 3.79. The second kappa shape index (κ2) is 2.25. The SMILES string of the molecule is O=c1ccn(I)nc1. The molecule has 0 fully saturated rings. The highest BCUT2D eigenvalue weighted by atomic mass is 127. The van der Waals surface area contributed by atoms with Crippen LogP contribution in [0.2, 0.25) is 0 Å². The van der Waals surface area contributed by atoms with E-state index in [2.05, 4.69) is 5.10 Å². The van der Waals surface area contributed by atoms with Gasteiger partial charge in [-0.1, -0.05) is 0 Å². The van der Waals surface area contributed by atoms with Gasteiger partial charge in [-0.3, -0.25) is 4.79 Å². The molecule has 0 aliphatic heterocycles. The molecule has 0 saturated heterocycles. The highest BCUT2D eigenvalue weighted by molar-refractivity contribution is 14.1. The minimum absolute atomic E-state index is 0.0575. The van der Waals surface area contributed by atoms with Crippen molar-refractivity contribution in [2.24, 2.45) is 0 Å². The molecule has 1 aromatic heterocycles. The molecule has 42 valence electrons. The van der Waals surface area contributed by atoms with E-state index in [9.17, 15) is 4.79 Å². The minimum atomic E-state index is -0.0575. The van der Waals surface area contributed by atoms with Gasteiger partial charge in [-0.25, -0.2) is 2.90 Å². The van der Waals surface area contributed by atoms with Gasteiger partial charge in [0.2, 0.25) is 0 Å². The summed E-state index contributed by atoms with van der Waals surface area (Å²) in [4.78, 5) is 10.3. The van der Waals surface area contributed by atoms with Gasteiger partial charge in [0.25, 0.3) is 0 Å². The highest BCUT2D eigenvalue weighted by Gasteiger charge is 1.79. The van der Waals surface area contributed by atoms with Crippen molar-refractivity contribution in [1.82, 2.24) is 7.99 Å². The van der Waals surface area contributed by atoms with Gasteiger partial charge in [0.05, 0.1) is 29.1 Å². The Bertz CT molecular complexity index is 211. The van der Waals surface area contributed by atoms with Crippen LogP contribution in [0, 0.1) is 0 Å². The number of hydrogen-bond donors (Lipinski definition) is 0. The smallest absolute Gasteiger partial charge is 0.200 e. The predicted octanol–water partition coefficient (Wildman–Crippen LogP) is 0.441. The molecule has 0 amide bonds. The maximum atomic E-state index is 10.3. The van der Waals surface area contributed by atoms with Gasteiger partial charge in [-0.05, 0) is 0 Å². The third kappa shape index (κ3) is 1.29. The molecule has 1 rings (SSSR count). The summed E-state index contributed by atoms with van der Waals surface area (Å²) in [7, 11) is 0. The standard InChI is InChI=1S/C4H3IN2O/c5-7-2-1-4(8)3-6-7/h1-3H. The summed E-state index contributed by atoms with van der Waals surface area (Å²) < 4.78 is 1.54. The molecule has 8 heavy (non-hydrogen) atoms. The van der Waals surface area contributed by atoms with Gasteiger partial charge in [-0.2, -0.15) is 5.10 Å². The summed E-state index contributed by atoms with van der Waals surface area (Å²) >= 11 is 1.96. The van der Waals surface area contributed by atoms with Crippen LogP contribution < -0.4 is 5.43 Å². The van der Waals surface area contributed by atoms with Crippen molar-refractivity contribution in [2.75, 3.05) is 0 Å². The maximum absolute atomic E-state index is 10.3. The van der Waals surface area contributed by atoms with E-state index in [1.165, 1.54) is 12.3 Å². The van der Waals surface area contributed by atoms with Gasteiger partial charge in [-0.15, -0.1) is 0 Å². The predicted molar refractivity (Wildman–Crippen MR) is 37.9 cm³/mol. The largest absolute Gasteiger partial charge is 0.288 e. The van der Waals surface area contributed by atoms with Crippen LogP contribution in [0.5, 0.6) is 0 Å². The fraction of sp³-hybridized carbons (Fsp3) is 0. The Morgan fingerprint density at radius 3 is 2.88 bits per heavy atom. The van der Waals surface area contributed by atoms with Crippen molar-refractivity contribution in [3.63, 3.8) is 0 Å². The topological polar surface area (TPSA) is 34.9 Å². The van der Waals surface area contributed by atoms with Crippen LogP contribution in [-0.4, -0.2) is 7.99 Å². The van der Waals surface area contributed by atoms with Gasteiger partial charge < -0.3 is 0 Å². The van der Waals surface area contributed by atoms with Crippen LogP contribution in [0.15, 0.2) is 23.3 Å². The number of nitrogens with zero attached hydrogens (tertiary/aromatic N) is 2. The molecule has 3 nitrogen and oxygen atoms in total. The average molecular weight is 222 g/mol. The first-order valence-electron chi connectivity index (χ1n) is 2.00. The zero-order valence-corrected chi connectivity index (χ0v) is 6.07. The average Bonchev–Trinajstić information content (AvgIpc) is 1.77. The number of halogens is 1. The quantitative estimate of drug-likeness (QED) is 0.597. The molecule has 0 aliphatic rings. The zero-order chi connectivity index (χ0) is 5.98. The Morgan fingerprint density at radius 2 is 2.50 bits per heavy atom. The fourth-order valence-electron chi connectivity index (χ4n) is 0.329. The molecule has 0 bridgehead atoms. The molecule has 4 heteroatoms. The molecule has 1 aromatic rings. The third-order valence-corrected chi connectivity index (χ3v) is 1.23. The van der Waals surface area contributed by atoms with Gasteiger partial charge in [0, 0.05) is 12.3 Å². The molecular weight excluding hydrogens is 219 g/mol. The lowest BCUT2D eigenvalue weighted by atomic mass is 10.6. The Balaban J connectivity index is 3.22. The van der Waals surface area contributed by atoms with Crippen molar-refractivity contribution < 1.29 is 0 Å². The van der Waals surface area contributed by atoms with Crippen LogP contribution in [-0.2, 0) is 0 Å². The van der Waals surface area contributed by atoms with Crippen molar-refractivity contribution >= 4 is 22.9 Å². The summed E-state index contributed by atoms with van der Waals surface area (Å²) in [5, 5.41) is 3.67. The number of hydrogen-bond acceptors (Lipinski definition) is 2. The van der Waals surface area contributed by atoms with E-state index in [1.54, 1.807) is 9.09 Å². The van der Waals surface area contributed by atoms with Crippen molar-refractivity contribution in [2.45, 2.75) is 0 Å². The summed E-state index contributed by atoms with van der Waals surface area (Å²) in [6, 6.07) is 1.46. The minimum Gasteiger partial charge on any atom is -0.288 e. The van der Waals surface area contributed by atoms with Gasteiger partial charge in [0.1, 0.15) is 0 Å². The third-order valence-electron chi connectivity index (χ3n) is 0.657. The van der Waals surface area contributed by atoms with Gasteiger partial charge in [0.15, 0.2) is 5.43 Å². The number of aromatic nitrogens is 2. The van der Waals surface area contributed by atoms with Gasteiger partial charge >= 0.3 is 0 Å². The molecule has 0 spiro atoms. The molecule has 1 heterocycles. The molecule has 0 unspecified atom stereocenters. The molecule has 0 atom stereocenters. The van der Waals surface area contributed by atoms with Crippen molar-refractivity contribution in [1.29, 1.82) is 0 Å². The van der Waals surface area contributed by atoms with E-state index in [0.717, 1.165) is 0 Å². The van der Waals surface area contributed by atoms with E-state index < -0.39 is 0 Å². The Morgan fingerprint density at radius 1 is 1.75 bits per heavy atom. The molecule has 0 N–H and O–H groups in total. The van der Waals surface area contributed by atoms with E-state index in [1.807, 2.05) is 22.9 Å². The lowest BCUT2D eigenvalue weighted by Crippen LogP contribution is -2.00. The molecule has 0 radical (unpaired) electrons. The second-order valence-electron chi connectivity index (χ2n) is 1.25. The molecule has 0 aromatic carbocycles. The summed E-state index contributed by atoms with van der Waals surface area (Å²) in [5.41, 5.74) is -0.0575. The van der Waals surface area contributed by atoms with E-state index in [0.29, 0.717) is 0 Å². The number of rotatable bonds is 0. The normalized spacial score (nSPS) is 9.12. The Labute approximate surface area is 59.8 Å². The highest BCUT2D eigenvalue weighted by Crippen LogP contribution is 1.82. The zero-order valence-electron chi connectivity index (χ0n) is 3.91. The first kappa shape index (κ1) is 5.74. The second-order valence-corrected chi connectivity index (χ2v) is 2.24. The Kier molecular flexibility index (Phi) is 1.62. The fourth-order valence-corrected chi connectivity index (χ4v) is 0.614. The van der Waals surface area contributed by atoms with Crippen LogP contribution in [0.1, 0.15) is 0 Å². The maximum Gasteiger partial charge on any atom is 0.200 e. The summed E-state index contributed by atoms with van der Waals surface area (Å²) in [6.07, 6.45) is 2.87. The monoisotopic (exact) mass is 222 g/mol. The van der Waals surface area contributed by atoms with Crippen LogP contribution in [0.25, 0.3) is 0 Å². The first-order valence-corrected chi connectivity index (χ1v) is 2.97. The molecule has 0 aliphatic carbocycles. The Hall–Kier alpha value is -0.390.